The number of hydrogen-bond acceptors (Lipinski definition) is 6. The predicted molar refractivity (Wildman–Crippen MR) is 145 cm³/mol. The summed E-state index contributed by atoms with van der Waals surface area (Å²) in [4.78, 5) is 38.9. The van der Waals surface area contributed by atoms with Crippen molar-refractivity contribution in [3.05, 3.63) is 106 Å². The van der Waals surface area contributed by atoms with Crippen LogP contribution in [0.3, 0.4) is 0 Å². The van der Waals surface area contributed by atoms with E-state index >= 15 is 0 Å². The summed E-state index contributed by atoms with van der Waals surface area (Å²) in [5, 5.41) is 14.0. The standard InChI is InChI=1S/C27H29FN4O6S/c1-3-29-27(34)25(16-20-8-5-4-6-9-20)30(18-21-12-14-22(28)15-13-21)26(33)19-31(39(2,37)38)23-10-7-11-24(17-23)32(35)36/h4-15,17,25H,3,16,18-19H2,1-2H3,(H,29,34)/t25-/m0/s1. The first-order chi connectivity index (χ1) is 18.5. The molecule has 0 fully saturated rings. The first kappa shape index (κ1) is 29.2. The zero-order valence-corrected chi connectivity index (χ0v) is 22.3. The van der Waals surface area contributed by atoms with Gasteiger partial charge in [0.1, 0.15) is 18.4 Å². The molecule has 2 amide bonds. The van der Waals surface area contributed by atoms with Gasteiger partial charge in [0, 0.05) is 31.6 Å². The van der Waals surface area contributed by atoms with Crippen LogP contribution >= 0.6 is 0 Å². The summed E-state index contributed by atoms with van der Waals surface area (Å²) < 4.78 is 39.8. The lowest BCUT2D eigenvalue weighted by molar-refractivity contribution is -0.384. The number of amides is 2. The van der Waals surface area contributed by atoms with Crippen LogP contribution in [0.5, 0.6) is 0 Å². The molecule has 3 aromatic rings. The number of nitro groups is 1. The van der Waals surface area contributed by atoms with Crippen LogP contribution in [0.1, 0.15) is 18.1 Å². The second-order valence-electron chi connectivity index (χ2n) is 8.79. The third-order valence-electron chi connectivity index (χ3n) is 5.90. The first-order valence-electron chi connectivity index (χ1n) is 12.1. The number of hydrogen-bond donors (Lipinski definition) is 1. The van der Waals surface area contributed by atoms with Gasteiger partial charge in [0.25, 0.3) is 5.69 Å². The Morgan fingerprint density at radius 2 is 1.67 bits per heavy atom. The number of likely N-dealkylation sites (N-methyl/N-ethyl adjacent to an activating group) is 1. The minimum atomic E-state index is -4.07. The number of halogens is 1. The monoisotopic (exact) mass is 556 g/mol. The summed E-state index contributed by atoms with van der Waals surface area (Å²) in [6.07, 6.45) is 1.02. The van der Waals surface area contributed by atoms with Crippen LogP contribution in [-0.2, 0) is 32.6 Å². The summed E-state index contributed by atoms with van der Waals surface area (Å²) >= 11 is 0. The van der Waals surface area contributed by atoms with Gasteiger partial charge in [-0.05, 0) is 36.2 Å². The van der Waals surface area contributed by atoms with E-state index < -0.39 is 45.2 Å². The lowest BCUT2D eigenvalue weighted by atomic mass is 10.0. The van der Waals surface area contributed by atoms with Gasteiger partial charge in [0.2, 0.25) is 21.8 Å². The molecule has 0 aliphatic carbocycles. The van der Waals surface area contributed by atoms with Gasteiger partial charge in [-0.15, -0.1) is 0 Å². The Labute approximate surface area is 226 Å². The lowest BCUT2D eigenvalue weighted by Crippen LogP contribution is -2.53. The number of anilines is 1. The van der Waals surface area contributed by atoms with E-state index in [9.17, 15) is 32.5 Å². The molecule has 0 heterocycles. The molecule has 10 nitrogen and oxygen atoms in total. The van der Waals surface area contributed by atoms with Gasteiger partial charge in [0.05, 0.1) is 16.9 Å². The highest BCUT2D eigenvalue weighted by Crippen LogP contribution is 2.24. The number of carbonyl (C=O) groups excluding carboxylic acids is 2. The molecule has 0 spiro atoms. The minimum absolute atomic E-state index is 0.0700. The fourth-order valence-electron chi connectivity index (χ4n) is 4.01. The van der Waals surface area contributed by atoms with E-state index in [1.165, 1.54) is 47.4 Å². The topological polar surface area (TPSA) is 130 Å². The number of nitrogens with zero attached hydrogens (tertiary/aromatic N) is 3. The van der Waals surface area contributed by atoms with Crippen molar-refractivity contribution < 1.29 is 27.3 Å². The average Bonchev–Trinajstić information content (AvgIpc) is 2.90. The largest absolute Gasteiger partial charge is 0.355 e. The van der Waals surface area contributed by atoms with Crippen molar-refractivity contribution in [2.75, 3.05) is 23.7 Å². The molecule has 0 saturated heterocycles. The predicted octanol–water partition coefficient (Wildman–Crippen LogP) is 3.28. The number of non-ortho nitro benzene ring substituents is 1. The minimum Gasteiger partial charge on any atom is -0.355 e. The first-order valence-corrected chi connectivity index (χ1v) is 13.9. The van der Waals surface area contributed by atoms with Gasteiger partial charge in [-0.2, -0.15) is 0 Å². The number of sulfonamides is 1. The van der Waals surface area contributed by atoms with E-state index in [0.29, 0.717) is 12.1 Å². The van der Waals surface area contributed by atoms with Crippen molar-refractivity contribution in [3.63, 3.8) is 0 Å². The SMILES string of the molecule is CCNC(=O)[C@H](Cc1ccccc1)N(Cc1ccc(F)cc1)C(=O)CN(c1cccc([N+](=O)[O-])c1)S(C)(=O)=O. The van der Waals surface area contributed by atoms with Gasteiger partial charge in [-0.3, -0.25) is 24.0 Å². The van der Waals surface area contributed by atoms with E-state index in [1.54, 1.807) is 31.2 Å². The summed E-state index contributed by atoms with van der Waals surface area (Å²) in [6, 6.07) is 18.3. The molecular formula is C27H29FN4O6S. The zero-order chi connectivity index (χ0) is 28.6. The van der Waals surface area contributed by atoms with E-state index in [0.717, 1.165) is 22.2 Å². The third-order valence-corrected chi connectivity index (χ3v) is 7.04. The molecule has 39 heavy (non-hydrogen) atoms. The number of nitro benzene ring substituents is 1. The van der Waals surface area contributed by atoms with Crippen LogP contribution in [0.4, 0.5) is 15.8 Å². The maximum absolute atomic E-state index is 13.8. The Morgan fingerprint density at radius 1 is 1.00 bits per heavy atom. The van der Waals surface area contributed by atoms with Crippen molar-refractivity contribution in [1.29, 1.82) is 0 Å². The van der Waals surface area contributed by atoms with Crippen LogP contribution in [0.2, 0.25) is 0 Å². The molecule has 0 aliphatic rings. The second-order valence-corrected chi connectivity index (χ2v) is 10.7. The molecule has 0 aliphatic heterocycles. The highest BCUT2D eigenvalue weighted by atomic mass is 32.2. The Morgan fingerprint density at radius 3 is 2.26 bits per heavy atom. The number of rotatable bonds is 12. The van der Waals surface area contributed by atoms with Gasteiger partial charge in [0.15, 0.2) is 0 Å². The zero-order valence-electron chi connectivity index (χ0n) is 21.5. The quantitative estimate of drug-likeness (QED) is 0.269. The van der Waals surface area contributed by atoms with Gasteiger partial charge in [-0.1, -0.05) is 48.5 Å². The van der Waals surface area contributed by atoms with Crippen LogP contribution in [0.15, 0.2) is 78.9 Å². The molecule has 0 radical (unpaired) electrons. The molecule has 0 saturated carbocycles. The maximum atomic E-state index is 13.8. The lowest BCUT2D eigenvalue weighted by Gasteiger charge is -2.33. The van der Waals surface area contributed by atoms with Gasteiger partial charge in [-0.25, -0.2) is 12.8 Å². The Bertz CT molecular complexity index is 1420. The molecule has 3 rings (SSSR count). The van der Waals surface area contributed by atoms with Crippen molar-refractivity contribution >= 4 is 33.2 Å². The average molecular weight is 557 g/mol. The molecule has 0 aromatic heterocycles. The highest BCUT2D eigenvalue weighted by Gasteiger charge is 2.33. The summed E-state index contributed by atoms with van der Waals surface area (Å²) in [6.45, 7) is 1.20. The molecule has 1 N–H and O–H groups in total. The number of nitrogens with one attached hydrogen (secondary N) is 1. The highest BCUT2D eigenvalue weighted by molar-refractivity contribution is 7.92. The molecule has 12 heteroatoms. The Kier molecular flexibility index (Phi) is 9.72. The summed E-state index contributed by atoms with van der Waals surface area (Å²) in [5.74, 6) is -1.64. The van der Waals surface area contributed by atoms with E-state index in [2.05, 4.69) is 5.32 Å². The fourth-order valence-corrected chi connectivity index (χ4v) is 4.85. The van der Waals surface area contributed by atoms with E-state index in [-0.39, 0.29) is 24.3 Å². The maximum Gasteiger partial charge on any atom is 0.271 e. The van der Waals surface area contributed by atoms with Gasteiger partial charge >= 0.3 is 0 Å². The van der Waals surface area contributed by atoms with Crippen LogP contribution in [-0.4, -0.2) is 55.4 Å². The van der Waals surface area contributed by atoms with Crippen LogP contribution in [0, 0.1) is 15.9 Å². The van der Waals surface area contributed by atoms with Crippen molar-refractivity contribution in [3.8, 4) is 0 Å². The second kappa shape index (κ2) is 13.0. The van der Waals surface area contributed by atoms with Crippen molar-refractivity contribution in [2.24, 2.45) is 0 Å². The normalized spacial score (nSPS) is 11.9. The molecule has 0 bridgehead atoms. The fraction of sp³-hybridized carbons (Fsp3) is 0.259. The summed E-state index contributed by atoms with van der Waals surface area (Å²) in [7, 11) is -4.07. The van der Waals surface area contributed by atoms with Crippen LogP contribution < -0.4 is 9.62 Å². The smallest absolute Gasteiger partial charge is 0.271 e. The molecule has 0 unspecified atom stereocenters. The molecule has 3 aromatic carbocycles. The van der Waals surface area contributed by atoms with E-state index in [1.807, 2.05) is 6.07 Å². The molecule has 1 atom stereocenters. The van der Waals surface area contributed by atoms with E-state index in [4.69, 9.17) is 0 Å². The number of carbonyl (C=O) groups is 2. The van der Waals surface area contributed by atoms with Crippen molar-refractivity contribution in [2.45, 2.75) is 25.9 Å². The number of benzene rings is 3. The molecule has 206 valence electrons. The molecular weight excluding hydrogens is 527 g/mol. The third kappa shape index (κ3) is 8.08. The van der Waals surface area contributed by atoms with Gasteiger partial charge < -0.3 is 10.2 Å². The van der Waals surface area contributed by atoms with Crippen molar-refractivity contribution in [1.82, 2.24) is 10.2 Å². The Balaban J connectivity index is 2.05. The summed E-state index contributed by atoms with van der Waals surface area (Å²) in [5.41, 5.74) is 0.873. The Hall–Kier alpha value is -4.32. The van der Waals surface area contributed by atoms with Crippen LogP contribution in [0.25, 0.3) is 0 Å².